The van der Waals surface area contributed by atoms with Gasteiger partial charge in [0, 0.05) is 22.4 Å². The third-order valence-corrected chi connectivity index (χ3v) is 4.57. The summed E-state index contributed by atoms with van der Waals surface area (Å²) >= 11 is 0. The molecule has 1 amide bonds. The van der Waals surface area contributed by atoms with Gasteiger partial charge in [-0.1, -0.05) is 24.0 Å². The molecule has 9 heteroatoms. The molecule has 0 aliphatic carbocycles. The molecule has 0 bridgehead atoms. The largest absolute Gasteiger partial charge is 0.416 e. The maximum atomic E-state index is 13.6. The molecule has 1 heterocycles. The van der Waals surface area contributed by atoms with Crippen LogP contribution < -0.4 is 11.1 Å². The van der Waals surface area contributed by atoms with Crippen LogP contribution in [-0.4, -0.2) is 16.1 Å². The number of hydrogen-bond donors (Lipinski definition) is 3. The predicted octanol–water partition coefficient (Wildman–Crippen LogP) is 4.96. The number of carbonyl (C=O) groups is 1. The SMILES string of the molecule is Nc1n[nH]c2cccc(C#Cc3cccc(NC(=O)c4cc(F)cc(C(F)(F)F)c4)c3)c12. The van der Waals surface area contributed by atoms with Crippen LogP contribution in [0, 0.1) is 17.7 Å². The number of aromatic amines is 1. The number of nitrogens with one attached hydrogen (secondary N) is 2. The van der Waals surface area contributed by atoms with Crippen LogP contribution in [0.1, 0.15) is 27.0 Å². The molecule has 0 fully saturated rings. The van der Waals surface area contributed by atoms with Crippen molar-refractivity contribution in [3.63, 3.8) is 0 Å². The molecule has 0 saturated carbocycles. The lowest BCUT2D eigenvalue weighted by atomic mass is 10.1. The highest BCUT2D eigenvalue weighted by atomic mass is 19.4. The molecule has 0 aliphatic heterocycles. The summed E-state index contributed by atoms with van der Waals surface area (Å²) in [6, 6.07) is 13.5. The van der Waals surface area contributed by atoms with E-state index >= 15 is 0 Å². The van der Waals surface area contributed by atoms with E-state index in [0.29, 0.717) is 40.2 Å². The quantitative estimate of drug-likeness (QED) is 0.306. The van der Waals surface area contributed by atoms with Crippen LogP contribution in [0.3, 0.4) is 0 Å². The van der Waals surface area contributed by atoms with E-state index in [1.807, 2.05) is 6.07 Å². The summed E-state index contributed by atoms with van der Waals surface area (Å²) in [6.07, 6.45) is -4.77. The highest BCUT2D eigenvalue weighted by molar-refractivity contribution is 6.04. The summed E-state index contributed by atoms with van der Waals surface area (Å²) < 4.78 is 52.3. The summed E-state index contributed by atoms with van der Waals surface area (Å²) in [5, 5.41) is 9.91. The Bertz CT molecular complexity index is 1400. The standard InChI is InChI=1S/C23H14F4N4O/c24-17-11-15(10-16(12-17)23(25,26)27)22(32)29-18-5-1-3-13(9-18)7-8-14-4-2-6-19-20(14)21(28)31-30-19/h1-6,9-12H,(H,29,32)(H3,28,30,31). The van der Waals surface area contributed by atoms with Crippen LogP contribution in [0.25, 0.3) is 10.9 Å². The summed E-state index contributed by atoms with van der Waals surface area (Å²) in [5.74, 6) is 4.24. The number of H-pyrrole nitrogens is 1. The Kier molecular flexibility index (Phi) is 5.28. The molecular formula is C23H14F4N4O. The Hall–Kier alpha value is -4.32. The van der Waals surface area contributed by atoms with Crippen molar-refractivity contribution in [3.05, 3.63) is 88.7 Å². The molecule has 4 aromatic rings. The Morgan fingerprint density at radius 3 is 2.59 bits per heavy atom. The van der Waals surface area contributed by atoms with Gasteiger partial charge in [0.25, 0.3) is 5.91 Å². The van der Waals surface area contributed by atoms with E-state index in [9.17, 15) is 22.4 Å². The number of benzene rings is 3. The van der Waals surface area contributed by atoms with Gasteiger partial charge in [0.05, 0.1) is 16.5 Å². The first-order valence-electron chi connectivity index (χ1n) is 9.24. The highest BCUT2D eigenvalue weighted by Crippen LogP contribution is 2.30. The molecule has 4 N–H and O–H groups in total. The molecule has 0 aliphatic rings. The second kappa shape index (κ2) is 8.07. The number of fused-ring (bicyclic) bond motifs is 1. The highest BCUT2D eigenvalue weighted by Gasteiger charge is 2.32. The van der Waals surface area contributed by atoms with Crippen LogP contribution in [0.4, 0.5) is 29.1 Å². The topological polar surface area (TPSA) is 83.8 Å². The molecule has 4 rings (SSSR count). The Balaban J connectivity index is 1.58. The van der Waals surface area contributed by atoms with Gasteiger partial charge in [-0.05, 0) is 48.5 Å². The van der Waals surface area contributed by atoms with E-state index in [4.69, 9.17) is 5.73 Å². The van der Waals surface area contributed by atoms with Gasteiger partial charge in [-0.2, -0.15) is 18.3 Å². The van der Waals surface area contributed by atoms with Gasteiger partial charge in [0.1, 0.15) is 5.82 Å². The third kappa shape index (κ3) is 4.39. The van der Waals surface area contributed by atoms with Gasteiger partial charge in [0.15, 0.2) is 5.82 Å². The van der Waals surface area contributed by atoms with Gasteiger partial charge in [0.2, 0.25) is 0 Å². The molecular weight excluding hydrogens is 424 g/mol. The van der Waals surface area contributed by atoms with Crippen LogP contribution in [0.2, 0.25) is 0 Å². The number of anilines is 2. The molecule has 0 spiro atoms. The summed E-state index contributed by atoms with van der Waals surface area (Å²) in [5.41, 5.74) is 6.41. The normalized spacial score (nSPS) is 11.1. The maximum Gasteiger partial charge on any atom is 0.416 e. The van der Waals surface area contributed by atoms with Crippen molar-refractivity contribution in [3.8, 4) is 11.8 Å². The summed E-state index contributed by atoms with van der Waals surface area (Å²) in [4.78, 5) is 12.4. The molecule has 5 nitrogen and oxygen atoms in total. The van der Waals surface area contributed by atoms with Crippen LogP contribution in [0.15, 0.2) is 60.7 Å². The lowest BCUT2D eigenvalue weighted by Crippen LogP contribution is -2.14. The zero-order valence-corrected chi connectivity index (χ0v) is 16.2. The fourth-order valence-electron chi connectivity index (χ4n) is 3.10. The zero-order valence-electron chi connectivity index (χ0n) is 16.2. The Labute approximate surface area is 179 Å². The first kappa shape index (κ1) is 20.9. The van der Waals surface area contributed by atoms with Gasteiger partial charge in [-0.15, -0.1) is 0 Å². The number of rotatable bonds is 2. The molecule has 1 aromatic heterocycles. The predicted molar refractivity (Wildman–Crippen MR) is 112 cm³/mol. The molecule has 0 unspecified atom stereocenters. The molecule has 3 aromatic carbocycles. The number of nitrogens with zero attached hydrogens (tertiary/aromatic N) is 1. The zero-order chi connectivity index (χ0) is 22.9. The second-order valence-electron chi connectivity index (χ2n) is 6.85. The van der Waals surface area contributed by atoms with E-state index in [1.165, 1.54) is 0 Å². The number of alkyl halides is 3. The Morgan fingerprint density at radius 1 is 1.03 bits per heavy atom. The van der Waals surface area contributed by atoms with Crippen molar-refractivity contribution in [1.82, 2.24) is 10.2 Å². The third-order valence-electron chi connectivity index (χ3n) is 4.57. The minimum atomic E-state index is -4.77. The van der Waals surface area contributed by atoms with E-state index in [-0.39, 0.29) is 0 Å². The van der Waals surface area contributed by atoms with Crippen molar-refractivity contribution in [2.75, 3.05) is 11.1 Å². The smallest absolute Gasteiger partial charge is 0.382 e. The fourth-order valence-corrected chi connectivity index (χ4v) is 3.10. The lowest BCUT2D eigenvalue weighted by molar-refractivity contribution is -0.137. The molecule has 0 atom stereocenters. The van der Waals surface area contributed by atoms with E-state index in [2.05, 4.69) is 27.4 Å². The average Bonchev–Trinajstić information content (AvgIpc) is 3.13. The number of hydrogen-bond acceptors (Lipinski definition) is 3. The molecule has 0 radical (unpaired) electrons. The van der Waals surface area contributed by atoms with E-state index in [0.717, 1.165) is 11.6 Å². The number of carbonyl (C=O) groups excluding carboxylic acids is 1. The van der Waals surface area contributed by atoms with Gasteiger partial charge in [-0.25, -0.2) is 4.39 Å². The van der Waals surface area contributed by atoms with Crippen molar-refractivity contribution < 1.29 is 22.4 Å². The first-order chi connectivity index (χ1) is 15.2. The van der Waals surface area contributed by atoms with Crippen molar-refractivity contribution in [1.29, 1.82) is 0 Å². The fraction of sp³-hybridized carbons (Fsp3) is 0.0435. The molecule has 160 valence electrons. The monoisotopic (exact) mass is 438 g/mol. The van der Waals surface area contributed by atoms with Crippen molar-refractivity contribution in [2.45, 2.75) is 6.18 Å². The minimum Gasteiger partial charge on any atom is -0.382 e. The first-order valence-corrected chi connectivity index (χ1v) is 9.24. The van der Waals surface area contributed by atoms with Crippen molar-refractivity contribution >= 4 is 28.3 Å². The van der Waals surface area contributed by atoms with E-state index in [1.54, 1.807) is 36.4 Å². The summed E-state index contributed by atoms with van der Waals surface area (Å²) in [7, 11) is 0. The van der Waals surface area contributed by atoms with Crippen LogP contribution >= 0.6 is 0 Å². The van der Waals surface area contributed by atoms with Gasteiger partial charge < -0.3 is 11.1 Å². The average molecular weight is 438 g/mol. The van der Waals surface area contributed by atoms with Crippen LogP contribution in [-0.2, 0) is 6.18 Å². The van der Waals surface area contributed by atoms with Gasteiger partial charge in [-0.3, -0.25) is 9.89 Å². The maximum absolute atomic E-state index is 13.6. The minimum absolute atomic E-state index is 0.292. The van der Waals surface area contributed by atoms with E-state index < -0.39 is 29.0 Å². The number of nitrogen functional groups attached to an aromatic ring is 1. The Morgan fingerprint density at radius 2 is 1.81 bits per heavy atom. The number of aromatic nitrogens is 2. The lowest BCUT2D eigenvalue weighted by Gasteiger charge is -2.10. The second-order valence-corrected chi connectivity index (χ2v) is 6.85. The number of halogens is 4. The molecule has 0 saturated heterocycles. The number of amides is 1. The summed E-state index contributed by atoms with van der Waals surface area (Å²) in [6.45, 7) is 0. The number of nitrogens with two attached hydrogens (primary N) is 1. The van der Waals surface area contributed by atoms with Crippen LogP contribution in [0.5, 0.6) is 0 Å². The van der Waals surface area contributed by atoms with Crippen molar-refractivity contribution in [2.24, 2.45) is 0 Å². The van der Waals surface area contributed by atoms with Gasteiger partial charge >= 0.3 is 6.18 Å². The molecule has 32 heavy (non-hydrogen) atoms.